The molecule has 2 aromatic carbocycles. The van der Waals surface area contributed by atoms with Crippen molar-refractivity contribution in [3.8, 4) is 0 Å². The lowest BCUT2D eigenvalue weighted by Crippen LogP contribution is -2.55. The van der Waals surface area contributed by atoms with Gasteiger partial charge in [-0.3, -0.25) is 14.7 Å². The maximum absolute atomic E-state index is 15.0. The number of aliphatic hydroxyl groups excluding tert-OH is 1. The van der Waals surface area contributed by atoms with Crippen molar-refractivity contribution < 1.29 is 41.7 Å². The highest BCUT2D eigenvalue weighted by Crippen LogP contribution is 2.31. The molecule has 1 fully saturated rings. The van der Waals surface area contributed by atoms with Crippen LogP contribution in [0.4, 0.5) is 28.0 Å². The highest BCUT2D eigenvalue weighted by Gasteiger charge is 2.35. The molecular formula is C32H35F4N3O5. The minimum Gasteiger partial charge on any atom is -0.444 e. The van der Waals surface area contributed by atoms with Gasteiger partial charge in [0, 0.05) is 24.0 Å². The summed E-state index contributed by atoms with van der Waals surface area (Å²) in [5.41, 5.74) is 0.143. The number of nitrogens with zero attached hydrogens (tertiary/aromatic N) is 2. The van der Waals surface area contributed by atoms with Crippen LogP contribution in [-0.4, -0.2) is 64.5 Å². The molecule has 8 nitrogen and oxygen atoms in total. The molecule has 0 radical (unpaired) electrons. The second-order valence-electron chi connectivity index (χ2n) is 11.7. The van der Waals surface area contributed by atoms with Gasteiger partial charge < -0.3 is 19.9 Å². The van der Waals surface area contributed by atoms with Crippen LogP contribution < -0.4 is 5.32 Å². The standard InChI is InChI=1S/C32H35F4N3O5/c1-32(2,3)44-31(42)39-16-25(43-18-24(39)17-40)8-9-26-28(36)14-37-15-29(26)38-30(41)13-27(19-4-6-21(33)7-5-19)20-10-22(34)12-23(35)11-20/h4-7,10-12,14-15,24-25,27,40H,8-9,13,16-18H2,1-3H3,(H,38,41)/t24-,25-,27?/m1/s1. The lowest BCUT2D eigenvalue weighted by atomic mass is 9.88. The number of rotatable bonds is 9. The van der Waals surface area contributed by atoms with Crippen LogP contribution in [0.5, 0.6) is 0 Å². The van der Waals surface area contributed by atoms with Gasteiger partial charge in [0.05, 0.1) is 50.0 Å². The molecule has 3 atom stereocenters. The van der Waals surface area contributed by atoms with Crippen molar-refractivity contribution in [2.24, 2.45) is 0 Å². The predicted octanol–water partition coefficient (Wildman–Crippen LogP) is 5.73. The highest BCUT2D eigenvalue weighted by molar-refractivity contribution is 5.92. The number of halogens is 4. The summed E-state index contributed by atoms with van der Waals surface area (Å²) in [7, 11) is 0. The van der Waals surface area contributed by atoms with Crippen LogP contribution in [-0.2, 0) is 20.7 Å². The molecule has 3 aromatic rings. The van der Waals surface area contributed by atoms with Gasteiger partial charge in [-0.2, -0.15) is 0 Å². The van der Waals surface area contributed by atoms with Crippen molar-refractivity contribution in [2.75, 3.05) is 25.1 Å². The zero-order chi connectivity index (χ0) is 32.0. The number of carbonyl (C=O) groups is 2. The Hall–Kier alpha value is -4.03. The van der Waals surface area contributed by atoms with Crippen molar-refractivity contribution in [2.45, 2.75) is 63.7 Å². The third-order valence-corrected chi connectivity index (χ3v) is 7.15. The largest absolute Gasteiger partial charge is 0.444 e. The lowest BCUT2D eigenvalue weighted by molar-refractivity contribution is -0.116. The Morgan fingerprint density at radius 2 is 1.73 bits per heavy atom. The van der Waals surface area contributed by atoms with E-state index in [-0.39, 0.29) is 55.8 Å². The second kappa shape index (κ2) is 14.2. The molecule has 4 rings (SSSR count). The van der Waals surface area contributed by atoms with E-state index < -0.39 is 58.9 Å². The number of anilines is 1. The van der Waals surface area contributed by atoms with Gasteiger partial charge in [0.15, 0.2) is 0 Å². The molecule has 1 saturated heterocycles. The number of nitrogens with one attached hydrogen (secondary N) is 1. The van der Waals surface area contributed by atoms with Gasteiger partial charge in [-0.05, 0) is 69.0 Å². The van der Waals surface area contributed by atoms with Crippen LogP contribution in [0.1, 0.15) is 56.2 Å². The molecule has 0 spiro atoms. The molecule has 1 unspecified atom stereocenters. The number of aliphatic hydroxyl groups is 1. The number of pyridine rings is 1. The van der Waals surface area contributed by atoms with Gasteiger partial charge in [-0.1, -0.05) is 12.1 Å². The summed E-state index contributed by atoms with van der Waals surface area (Å²) in [6.07, 6.45) is 1.29. The van der Waals surface area contributed by atoms with Crippen LogP contribution in [0.25, 0.3) is 0 Å². The number of morpholine rings is 1. The van der Waals surface area contributed by atoms with Crippen LogP contribution >= 0.6 is 0 Å². The molecular weight excluding hydrogens is 582 g/mol. The van der Waals surface area contributed by atoms with Crippen molar-refractivity contribution in [1.29, 1.82) is 0 Å². The third-order valence-electron chi connectivity index (χ3n) is 7.15. The molecule has 0 saturated carbocycles. The van der Waals surface area contributed by atoms with E-state index in [1.165, 1.54) is 35.4 Å². The van der Waals surface area contributed by atoms with Crippen molar-refractivity contribution in [3.05, 3.63) is 94.8 Å². The summed E-state index contributed by atoms with van der Waals surface area (Å²) < 4.78 is 68.0. The van der Waals surface area contributed by atoms with E-state index in [1.54, 1.807) is 20.8 Å². The Bertz CT molecular complexity index is 1440. The topological polar surface area (TPSA) is 101 Å². The van der Waals surface area contributed by atoms with Crippen molar-refractivity contribution in [1.82, 2.24) is 9.88 Å². The average Bonchev–Trinajstić information content (AvgIpc) is 2.94. The fourth-order valence-electron chi connectivity index (χ4n) is 5.04. The summed E-state index contributed by atoms with van der Waals surface area (Å²) >= 11 is 0. The maximum atomic E-state index is 15.0. The molecule has 1 aliphatic heterocycles. The maximum Gasteiger partial charge on any atom is 0.410 e. The summed E-state index contributed by atoms with van der Waals surface area (Å²) in [5, 5.41) is 12.4. The van der Waals surface area contributed by atoms with E-state index in [4.69, 9.17) is 9.47 Å². The van der Waals surface area contributed by atoms with Crippen LogP contribution in [0.15, 0.2) is 54.9 Å². The number of hydrogen-bond donors (Lipinski definition) is 2. The lowest BCUT2D eigenvalue weighted by Gasteiger charge is -2.39. The minimum atomic E-state index is -0.834. The Morgan fingerprint density at radius 3 is 2.36 bits per heavy atom. The van der Waals surface area contributed by atoms with E-state index in [0.717, 1.165) is 18.3 Å². The van der Waals surface area contributed by atoms with E-state index in [0.29, 0.717) is 11.6 Å². The molecule has 1 aromatic heterocycles. The minimum absolute atomic E-state index is 0.0638. The number of aromatic nitrogens is 1. The Balaban J connectivity index is 1.48. The molecule has 0 aliphatic carbocycles. The fourth-order valence-corrected chi connectivity index (χ4v) is 5.04. The molecule has 1 aliphatic rings. The van der Waals surface area contributed by atoms with E-state index in [1.807, 2.05) is 0 Å². The monoisotopic (exact) mass is 617 g/mol. The van der Waals surface area contributed by atoms with Gasteiger partial charge in [0.25, 0.3) is 0 Å². The molecule has 236 valence electrons. The van der Waals surface area contributed by atoms with Crippen LogP contribution in [0, 0.1) is 23.3 Å². The summed E-state index contributed by atoms with van der Waals surface area (Å²) in [6, 6.07) is 7.55. The van der Waals surface area contributed by atoms with Gasteiger partial charge in [0.1, 0.15) is 28.9 Å². The summed E-state index contributed by atoms with van der Waals surface area (Å²) in [6.45, 7) is 5.06. The van der Waals surface area contributed by atoms with E-state index in [9.17, 15) is 32.3 Å². The normalized spacial score (nSPS) is 17.7. The number of amides is 2. The van der Waals surface area contributed by atoms with Gasteiger partial charge in [-0.25, -0.2) is 22.4 Å². The Morgan fingerprint density at radius 1 is 1.05 bits per heavy atom. The quantitative estimate of drug-likeness (QED) is 0.298. The molecule has 44 heavy (non-hydrogen) atoms. The van der Waals surface area contributed by atoms with E-state index in [2.05, 4.69) is 10.3 Å². The molecule has 0 bridgehead atoms. The first-order valence-corrected chi connectivity index (χ1v) is 14.2. The molecule has 2 heterocycles. The SMILES string of the molecule is CC(C)(C)OC(=O)N1C[C@@H](CCc2c(F)cncc2NC(=O)CC(c2ccc(F)cc2)c2cc(F)cc(F)c2)OC[C@H]1CO. The van der Waals surface area contributed by atoms with E-state index >= 15 is 0 Å². The van der Waals surface area contributed by atoms with Gasteiger partial charge >= 0.3 is 6.09 Å². The van der Waals surface area contributed by atoms with Crippen molar-refractivity contribution >= 4 is 17.7 Å². The number of benzene rings is 2. The third kappa shape index (κ3) is 8.76. The number of hydrogen-bond acceptors (Lipinski definition) is 6. The molecule has 2 N–H and O–H groups in total. The van der Waals surface area contributed by atoms with Gasteiger partial charge in [0.2, 0.25) is 5.91 Å². The zero-order valence-electron chi connectivity index (χ0n) is 24.7. The predicted molar refractivity (Wildman–Crippen MR) is 154 cm³/mol. The fraction of sp³-hybridized carbons (Fsp3) is 0.406. The first-order chi connectivity index (χ1) is 20.8. The van der Waals surface area contributed by atoms with Gasteiger partial charge in [-0.15, -0.1) is 0 Å². The number of carbonyl (C=O) groups excluding carboxylic acids is 2. The zero-order valence-corrected chi connectivity index (χ0v) is 24.7. The molecule has 2 amide bonds. The highest BCUT2D eigenvalue weighted by atomic mass is 19.1. The Kier molecular flexibility index (Phi) is 10.6. The van der Waals surface area contributed by atoms with Crippen LogP contribution in [0.2, 0.25) is 0 Å². The number of ether oxygens (including phenoxy) is 2. The average molecular weight is 618 g/mol. The first-order valence-electron chi connectivity index (χ1n) is 14.2. The summed E-state index contributed by atoms with van der Waals surface area (Å²) in [4.78, 5) is 31.2. The first kappa shape index (κ1) is 32.9. The smallest absolute Gasteiger partial charge is 0.410 e. The molecule has 12 heteroatoms. The Labute approximate surface area is 253 Å². The van der Waals surface area contributed by atoms with Crippen LogP contribution in [0.3, 0.4) is 0 Å². The summed E-state index contributed by atoms with van der Waals surface area (Å²) in [5.74, 6) is -4.26. The van der Waals surface area contributed by atoms with Crippen molar-refractivity contribution in [3.63, 3.8) is 0 Å². The second-order valence-corrected chi connectivity index (χ2v) is 11.7.